The SMILES string of the molecule is CCCCCCC(F)COc1ccc(CCC2CCC(C(C)C3CCC(CCC)CC3)CC2)nc1. The standard InChI is InChI=1S/C32H54FNO/c1-4-6-7-8-10-30(33)24-35-32-22-21-31(34-23-32)20-15-27-13-18-29(19-14-27)25(3)28-16-11-26(9-5-2)12-17-28/h21-23,25-30H,4-20,24H2,1-3H3. The summed E-state index contributed by atoms with van der Waals surface area (Å²) in [6.45, 7) is 7.24. The highest BCUT2D eigenvalue weighted by molar-refractivity contribution is 5.20. The van der Waals surface area contributed by atoms with Crippen LogP contribution in [0.25, 0.3) is 0 Å². The van der Waals surface area contributed by atoms with Gasteiger partial charge in [-0.3, -0.25) is 4.98 Å². The van der Waals surface area contributed by atoms with Crippen LogP contribution in [0.15, 0.2) is 18.3 Å². The predicted molar refractivity (Wildman–Crippen MR) is 147 cm³/mol. The van der Waals surface area contributed by atoms with Gasteiger partial charge in [0.25, 0.3) is 0 Å². The Balaban J connectivity index is 1.29. The number of hydrogen-bond donors (Lipinski definition) is 0. The van der Waals surface area contributed by atoms with E-state index in [9.17, 15) is 4.39 Å². The van der Waals surface area contributed by atoms with Gasteiger partial charge in [0.2, 0.25) is 0 Å². The van der Waals surface area contributed by atoms with Crippen LogP contribution in [-0.4, -0.2) is 17.8 Å². The maximum Gasteiger partial charge on any atom is 0.137 e. The molecule has 1 heterocycles. The lowest BCUT2D eigenvalue weighted by atomic mass is 9.67. The van der Waals surface area contributed by atoms with E-state index >= 15 is 0 Å². The number of rotatable bonds is 15. The molecular formula is C32H54FNO. The summed E-state index contributed by atoms with van der Waals surface area (Å²) in [5.74, 6) is 5.45. The normalized spacial score (nSPS) is 26.9. The Hall–Kier alpha value is -1.12. The second-order valence-corrected chi connectivity index (χ2v) is 12.0. The molecule has 200 valence electrons. The molecule has 2 fully saturated rings. The number of aromatic nitrogens is 1. The zero-order chi connectivity index (χ0) is 24.9. The first-order valence-corrected chi connectivity index (χ1v) is 15.3. The summed E-state index contributed by atoms with van der Waals surface area (Å²) < 4.78 is 19.6. The van der Waals surface area contributed by atoms with Gasteiger partial charge >= 0.3 is 0 Å². The van der Waals surface area contributed by atoms with Crippen molar-refractivity contribution in [1.29, 1.82) is 0 Å². The maximum atomic E-state index is 14.0. The van der Waals surface area contributed by atoms with Crippen molar-refractivity contribution in [3.8, 4) is 5.75 Å². The van der Waals surface area contributed by atoms with E-state index in [2.05, 4.69) is 31.8 Å². The molecule has 3 rings (SSSR count). The number of unbranched alkanes of at least 4 members (excludes halogenated alkanes) is 3. The molecule has 0 bridgehead atoms. The zero-order valence-corrected chi connectivity index (χ0v) is 23.2. The quantitative estimate of drug-likeness (QED) is 0.230. The Kier molecular flexibility index (Phi) is 12.9. The molecular weight excluding hydrogens is 433 g/mol. The summed E-state index contributed by atoms with van der Waals surface area (Å²) in [7, 11) is 0. The fraction of sp³-hybridized carbons (Fsp3) is 0.844. The van der Waals surface area contributed by atoms with Crippen LogP contribution in [0.1, 0.15) is 129 Å². The van der Waals surface area contributed by atoms with E-state index in [0.717, 1.165) is 54.5 Å². The number of hydrogen-bond acceptors (Lipinski definition) is 2. The Bertz CT molecular complexity index is 661. The predicted octanol–water partition coefficient (Wildman–Crippen LogP) is 9.75. The fourth-order valence-corrected chi connectivity index (χ4v) is 6.86. The molecule has 2 aliphatic carbocycles. The Morgan fingerprint density at radius 3 is 2.09 bits per heavy atom. The van der Waals surface area contributed by atoms with Crippen molar-refractivity contribution in [3.05, 3.63) is 24.0 Å². The lowest BCUT2D eigenvalue weighted by Gasteiger charge is -2.39. The third kappa shape index (κ3) is 10.0. The topological polar surface area (TPSA) is 22.1 Å². The van der Waals surface area contributed by atoms with Gasteiger partial charge in [-0.25, -0.2) is 4.39 Å². The molecule has 0 aromatic carbocycles. The highest BCUT2D eigenvalue weighted by atomic mass is 19.1. The summed E-state index contributed by atoms with van der Waals surface area (Å²) in [6, 6.07) is 4.05. The van der Waals surface area contributed by atoms with E-state index in [4.69, 9.17) is 4.74 Å². The minimum atomic E-state index is -0.875. The maximum absolute atomic E-state index is 14.0. The Morgan fingerprint density at radius 1 is 0.857 bits per heavy atom. The number of aryl methyl sites for hydroxylation is 1. The monoisotopic (exact) mass is 487 g/mol. The molecule has 35 heavy (non-hydrogen) atoms. The average molecular weight is 488 g/mol. The van der Waals surface area contributed by atoms with Gasteiger partial charge in [0.15, 0.2) is 0 Å². The summed E-state index contributed by atoms with van der Waals surface area (Å²) in [5, 5.41) is 0. The van der Waals surface area contributed by atoms with E-state index < -0.39 is 6.17 Å². The van der Waals surface area contributed by atoms with Gasteiger partial charge in [-0.1, -0.05) is 85.0 Å². The molecule has 0 spiro atoms. The van der Waals surface area contributed by atoms with Crippen molar-refractivity contribution in [1.82, 2.24) is 4.98 Å². The van der Waals surface area contributed by atoms with E-state index in [1.807, 2.05) is 6.07 Å². The van der Waals surface area contributed by atoms with Gasteiger partial charge in [-0.15, -0.1) is 0 Å². The van der Waals surface area contributed by atoms with E-state index in [1.54, 1.807) is 6.20 Å². The van der Waals surface area contributed by atoms with Crippen LogP contribution in [0.3, 0.4) is 0 Å². The number of ether oxygens (including phenoxy) is 1. The first-order chi connectivity index (χ1) is 17.1. The van der Waals surface area contributed by atoms with Gasteiger partial charge in [0.1, 0.15) is 18.5 Å². The van der Waals surface area contributed by atoms with Crippen molar-refractivity contribution < 1.29 is 9.13 Å². The van der Waals surface area contributed by atoms with Gasteiger partial charge in [0, 0.05) is 5.69 Å². The van der Waals surface area contributed by atoms with Gasteiger partial charge in [0.05, 0.1) is 6.20 Å². The lowest BCUT2D eigenvalue weighted by Crippen LogP contribution is -2.28. The largest absolute Gasteiger partial charge is 0.489 e. The first-order valence-electron chi connectivity index (χ1n) is 15.3. The summed E-state index contributed by atoms with van der Waals surface area (Å²) in [6.07, 6.45) is 22.7. The van der Waals surface area contributed by atoms with Crippen molar-refractivity contribution in [3.63, 3.8) is 0 Å². The highest BCUT2D eigenvalue weighted by Crippen LogP contribution is 2.43. The van der Waals surface area contributed by atoms with Crippen LogP contribution in [0, 0.1) is 29.6 Å². The van der Waals surface area contributed by atoms with Crippen LogP contribution < -0.4 is 4.74 Å². The van der Waals surface area contributed by atoms with Crippen molar-refractivity contribution >= 4 is 0 Å². The van der Waals surface area contributed by atoms with Crippen LogP contribution in [0.5, 0.6) is 5.75 Å². The van der Waals surface area contributed by atoms with E-state index in [-0.39, 0.29) is 6.61 Å². The molecule has 1 aromatic rings. The minimum Gasteiger partial charge on any atom is -0.489 e. The highest BCUT2D eigenvalue weighted by Gasteiger charge is 2.32. The Morgan fingerprint density at radius 2 is 1.51 bits per heavy atom. The molecule has 2 nitrogen and oxygen atoms in total. The molecule has 0 amide bonds. The third-order valence-electron chi connectivity index (χ3n) is 9.37. The molecule has 1 aromatic heterocycles. The van der Waals surface area contributed by atoms with Crippen molar-refractivity contribution in [2.24, 2.45) is 29.6 Å². The van der Waals surface area contributed by atoms with Gasteiger partial charge in [-0.05, 0) is 86.7 Å². The Labute approximate surface area is 216 Å². The average Bonchev–Trinajstić information content (AvgIpc) is 2.90. The molecule has 0 N–H and O–H groups in total. The molecule has 2 aliphatic rings. The van der Waals surface area contributed by atoms with Crippen LogP contribution in [0.2, 0.25) is 0 Å². The van der Waals surface area contributed by atoms with Crippen molar-refractivity contribution in [2.45, 2.75) is 136 Å². The number of pyridine rings is 1. The zero-order valence-electron chi connectivity index (χ0n) is 23.2. The second kappa shape index (κ2) is 15.9. The minimum absolute atomic E-state index is 0.148. The second-order valence-electron chi connectivity index (χ2n) is 12.0. The van der Waals surface area contributed by atoms with Crippen LogP contribution >= 0.6 is 0 Å². The smallest absolute Gasteiger partial charge is 0.137 e. The third-order valence-corrected chi connectivity index (χ3v) is 9.37. The molecule has 0 aliphatic heterocycles. The molecule has 0 saturated heterocycles. The fourth-order valence-electron chi connectivity index (χ4n) is 6.86. The van der Waals surface area contributed by atoms with E-state index in [0.29, 0.717) is 12.2 Å². The summed E-state index contributed by atoms with van der Waals surface area (Å²) in [5.41, 5.74) is 1.15. The number of alkyl halides is 1. The molecule has 2 unspecified atom stereocenters. The van der Waals surface area contributed by atoms with E-state index in [1.165, 1.54) is 83.5 Å². The van der Waals surface area contributed by atoms with Crippen LogP contribution in [0.4, 0.5) is 4.39 Å². The molecule has 3 heteroatoms. The number of halogens is 1. The summed E-state index contributed by atoms with van der Waals surface area (Å²) >= 11 is 0. The van der Waals surface area contributed by atoms with Gasteiger partial charge < -0.3 is 4.74 Å². The molecule has 0 radical (unpaired) electrons. The summed E-state index contributed by atoms with van der Waals surface area (Å²) in [4.78, 5) is 4.60. The van der Waals surface area contributed by atoms with Crippen LogP contribution in [-0.2, 0) is 6.42 Å². The van der Waals surface area contributed by atoms with Gasteiger partial charge in [-0.2, -0.15) is 0 Å². The van der Waals surface area contributed by atoms with Crippen molar-refractivity contribution in [2.75, 3.05) is 6.61 Å². The number of nitrogens with zero attached hydrogens (tertiary/aromatic N) is 1. The molecule has 2 atom stereocenters. The molecule has 2 saturated carbocycles. The lowest BCUT2D eigenvalue weighted by molar-refractivity contribution is 0.121. The first kappa shape index (κ1) is 28.5.